The lowest BCUT2D eigenvalue weighted by Gasteiger charge is -2.08. The van der Waals surface area contributed by atoms with E-state index in [0.717, 1.165) is 25.1 Å². The van der Waals surface area contributed by atoms with E-state index < -0.39 is 0 Å². The van der Waals surface area contributed by atoms with Crippen LogP contribution in [0.5, 0.6) is 5.75 Å². The van der Waals surface area contributed by atoms with E-state index in [1.165, 1.54) is 6.33 Å². The summed E-state index contributed by atoms with van der Waals surface area (Å²) in [4.78, 5) is 20.3. The molecule has 0 spiro atoms. The third-order valence-electron chi connectivity index (χ3n) is 3.08. The number of carbonyl (C=O) groups excluding carboxylic acids is 1. The molecule has 0 radical (unpaired) electrons. The topological polar surface area (TPSA) is 76.1 Å². The van der Waals surface area contributed by atoms with Gasteiger partial charge in [-0.2, -0.15) is 0 Å². The van der Waals surface area contributed by atoms with Gasteiger partial charge < -0.3 is 15.4 Å². The first-order valence-electron chi connectivity index (χ1n) is 7.24. The molecule has 0 aliphatic carbocycles. The Morgan fingerprint density at radius 3 is 2.68 bits per heavy atom. The van der Waals surface area contributed by atoms with Crippen LogP contribution in [0.2, 0.25) is 0 Å². The normalized spacial score (nSPS) is 10.1. The number of anilines is 2. The highest BCUT2D eigenvalue weighted by Gasteiger charge is 2.09. The van der Waals surface area contributed by atoms with Crippen molar-refractivity contribution in [2.75, 3.05) is 24.3 Å². The van der Waals surface area contributed by atoms with Crippen LogP contribution < -0.4 is 15.4 Å². The van der Waals surface area contributed by atoms with Crippen LogP contribution in [0, 0.1) is 0 Å². The van der Waals surface area contributed by atoms with Crippen LogP contribution in [0.15, 0.2) is 36.7 Å². The molecule has 1 aromatic carbocycles. The zero-order valence-corrected chi connectivity index (χ0v) is 12.8. The first kappa shape index (κ1) is 15.8. The summed E-state index contributed by atoms with van der Waals surface area (Å²) >= 11 is 0. The molecule has 2 rings (SSSR count). The summed E-state index contributed by atoms with van der Waals surface area (Å²) in [7, 11) is 1.60. The van der Waals surface area contributed by atoms with E-state index in [1.807, 2.05) is 0 Å². The lowest BCUT2D eigenvalue weighted by molar-refractivity contribution is 0.102. The van der Waals surface area contributed by atoms with E-state index in [-0.39, 0.29) is 5.91 Å². The molecule has 0 atom stereocenters. The minimum Gasteiger partial charge on any atom is -0.497 e. The first-order valence-corrected chi connectivity index (χ1v) is 7.24. The molecule has 0 aliphatic heterocycles. The number of ether oxygens (including phenoxy) is 1. The number of hydrogen-bond acceptors (Lipinski definition) is 5. The zero-order valence-electron chi connectivity index (χ0n) is 12.8. The van der Waals surface area contributed by atoms with Crippen molar-refractivity contribution in [3.63, 3.8) is 0 Å². The molecule has 6 nitrogen and oxygen atoms in total. The average molecular weight is 300 g/mol. The molecule has 116 valence electrons. The minimum atomic E-state index is -0.272. The Bertz CT molecular complexity index is 614. The molecule has 0 saturated carbocycles. The highest BCUT2D eigenvalue weighted by atomic mass is 16.5. The van der Waals surface area contributed by atoms with Crippen molar-refractivity contribution in [3.8, 4) is 5.75 Å². The molecule has 0 fully saturated rings. The number of rotatable bonds is 7. The highest BCUT2D eigenvalue weighted by Crippen LogP contribution is 2.16. The minimum absolute atomic E-state index is 0.272. The second kappa shape index (κ2) is 7.97. The summed E-state index contributed by atoms with van der Waals surface area (Å²) in [6.45, 7) is 2.95. The van der Waals surface area contributed by atoms with Crippen LogP contribution >= 0.6 is 0 Å². The Morgan fingerprint density at radius 2 is 2.00 bits per heavy atom. The van der Waals surface area contributed by atoms with Gasteiger partial charge in [0.2, 0.25) is 0 Å². The fourth-order valence-corrected chi connectivity index (χ4v) is 1.84. The fourth-order valence-electron chi connectivity index (χ4n) is 1.84. The van der Waals surface area contributed by atoms with Crippen LogP contribution in [0.3, 0.4) is 0 Å². The monoisotopic (exact) mass is 300 g/mol. The van der Waals surface area contributed by atoms with E-state index in [0.29, 0.717) is 17.2 Å². The molecular weight excluding hydrogens is 280 g/mol. The van der Waals surface area contributed by atoms with Crippen molar-refractivity contribution in [2.45, 2.75) is 19.8 Å². The lowest BCUT2D eigenvalue weighted by atomic mass is 10.3. The Labute approximate surface area is 129 Å². The Kier molecular flexibility index (Phi) is 5.71. The molecule has 22 heavy (non-hydrogen) atoms. The van der Waals surface area contributed by atoms with Crippen molar-refractivity contribution in [1.29, 1.82) is 0 Å². The summed E-state index contributed by atoms with van der Waals surface area (Å²) < 4.78 is 5.08. The van der Waals surface area contributed by atoms with Gasteiger partial charge in [-0.3, -0.25) is 4.79 Å². The summed E-state index contributed by atoms with van der Waals surface area (Å²) in [5, 5.41) is 5.96. The van der Waals surface area contributed by atoms with Gasteiger partial charge in [0.1, 0.15) is 23.6 Å². The maximum atomic E-state index is 12.2. The summed E-state index contributed by atoms with van der Waals surface area (Å²) in [6.07, 6.45) is 3.54. The van der Waals surface area contributed by atoms with Crippen molar-refractivity contribution >= 4 is 17.4 Å². The SMILES string of the molecule is CCCCNc1cc(C(=O)Nc2ccc(OC)cc2)ncn1. The van der Waals surface area contributed by atoms with Crippen molar-refractivity contribution in [2.24, 2.45) is 0 Å². The number of methoxy groups -OCH3 is 1. The van der Waals surface area contributed by atoms with Crippen molar-refractivity contribution in [3.05, 3.63) is 42.4 Å². The van der Waals surface area contributed by atoms with Gasteiger partial charge in [-0.15, -0.1) is 0 Å². The van der Waals surface area contributed by atoms with E-state index in [9.17, 15) is 4.79 Å². The molecule has 6 heteroatoms. The van der Waals surface area contributed by atoms with Gasteiger partial charge in [-0.05, 0) is 30.7 Å². The van der Waals surface area contributed by atoms with Crippen LogP contribution in [0.25, 0.3) is 0 Å². The fraction of sp³-hybridized carbons (Fsp3) is 0.312. The Hall–Kier alpha value is -2.63. The van der Waals surface area contributed by atoms with E-state index >= 15 is 0 Å². The van der Waals surface area contributed by atoms with Gasteiger partial charge in [0.25, 0.3) is 5.91 Å². The first-order chi connectivity index (χ1) is 10.7. The second-order valence-electron chi connectivity index (χ2n) is 4.75. The maximum Gasteiger partial charge on any atom is 0.274 e. The van der Waals surface area contributed by atoms with Gasteiger partial charge >= 0.3 is 0 Å². The number of nitrogens with one attached hydrogen (secondary N) is 2. The number of aromatic nitrogens is 2. The Morgan fingerprint density at radius 1 is 1.23 bits per heavy atom. The number of nitrogens with zero attached hydrogens (tertiary/aromatic N) is 2. The average Bonchev–Trinajstić information content (AvgIpc) is 2.56. The number of benzene rings is 1. The molecule has 1 aromatic heterocycles. The molecule has 1 amide bonds. The molecule has 1 heterocycles. The van der Waals surface area contributed by atoms with E-state index in [2.05, 4.69) is 27.5 Å². The Balaban J connectivity index is 2.00. The summed E-state index contributed by atoms with van der Waals surface area (Å²) in [5.41, 5.74) is 1.01. The summed E-state index contributed by atoms with van der Waals surface area (Å²) in [5.74, 6) is 1.12. The second-order valence-corrected chi connectivity index (χ2v) is 4.75. The van der Waals surface area contributed by atoms with Crippen LogP contribution in [-0.2, 0) is 0 Å². The predicted molar refractivity (Wildman–Crippen MR) is 86.4 cm³/mol. The maximum absolute atomic E-state index is 12.2. The third-order valence-corrected chi connectivity index (χ3v) is 3.08. The standard InChI is InChI=1S/C16H20N4O2/c1-3-4-9-17-15-10-14(18-11-19-15)16(21)20-12-5-7-13(22-2)8-6-12/h5-8,10-11H,3-4,9H2,1-2H3,(H,20,21)(H,17,18,19). The number of carbonyl (C=O) groups is 1. The van der Waals surface area contributed by atoms with Crippen molar-refractivity contribution < 1.29 is 9.53 Å². The largest absolute Gasteiger partial charge is 0.497 e. The smallest absolute Gasteiger partial charge is 0.274 e. The third kappa shape index (κ3) is 4.44. The van der Waals surface area contributed by atoms with Crippen molar-refractivity contribution in [1.82, 2.24) is 9.97 Å². The van der Waals surface area contributed by atoms with Crippen LogP contribution in [0.1, 0.15) is 30.3 Å². The molecule has 2 N–H and O–H groups in total. The van der Waals surface area contributed by atoms with Gasteiger partial charge in [-0.1, -0.05) is 13.3 Å². The predicted octanol–water partition coefficient (Wildman–Crippen LogP) is 2.95. The number of hydrogen-bond donors (Lipinski definition) is 2. The highest BCUT2D eigenvalue weighted by molar-refractivity contribution is 6.03. The van der Waals surface area contributed by atoms with Gasteiger partial charge in [-0.25, -0.2) is 9.97 Å². The molecule has 0 unspecified atom stereocenters. The number of unbranched alkanes of at least 4 members (excludes halogenated alkanes) is 1. The molecule has 0 bridgehead atoms. The molecular formula is C16H20N4O2. The van der Waals surface area contributed by atoms with Crippen LogP contribution in [-0.4, -0.2) is 29.5 Å². The molecule has 0 aliphatic rings. The quantitative estimate of drug-likeness (QED) is 0.769. The lowest BCUT2D eigenvalue weighted by Crippen LogP contribution is -2.14. The summed E-state index contributed by atoms with van der Waals surface area (Å²) in [6, 6.07) is 8.77. The van der Waals surface area contributed by atoms with Gasteiger partial charge in [0.05, 0.1) is 7.11 Å². The molecule has 0 saturated heterocycles. The van der Waals surface area contributed by atoms with Gasteiger partial charge in [0, 0.05) is 18.3 Å². The van der Waals surface area contributed by atoms with Gasteiger partial charge in [0.15, 0.2) is 0 Å². The number of amides is 1. The van der Waals surface area contributed by atoms with Crippen LogP contribution in [0.4, 0.5) is 11.5 Å². The zero-order chi connectivity index (χ0) is 15.8. The molecule has 2 aromatic rings. The van der Waals surface area contributed by atoms with E-state index in [4.69, 9.17) is 4.74 Å². The van der Waals surface area contributed by atoms with E-state index in [1.54, 1.807) is 37.4 Å².